The fourth-order valence-electron chi connectivity index (χ4n) is 4.39. The normalized spacial score (nSPS) is 12.0. The average Bonchev–Trinajstić information content (AvgIpc) is 3.65. The van der Waals surface area contributed by atoms with E-state index in [1.807, 2.05) is 36.4 Å². The van der Waals surface area contributed by atoms with Crippen LogP contribution in [0.4, 0.5) is 4.39 Å². The first-order chi connectivity index (χ1) is 19.5. The maximum absolute atomic E-state index is 13.1. The molecule has 0 fully saturated rings. The third-order valence-electron chi connectivity index (χ3n) is 6.52. The number of thiazole rings is 1. The molecule has 0 spiro atoms. The first-order valence-corrected chi connectivity index (χ1v) is 13.7. The predicted molar refractivity (Wildman–Crippen MR) is 150 cm³/mol. The lowest BCUT2D eigenvalue weighted by Crippen LogP contribution is -2.26. The molecule has 2 heterocycles. The maximum Gasteiger partial charge on any atom is 0.271 e. The number of hydrogen-bond donors (Lipinski definition) is 1. The Kier molecular flexibility index (Phi) is 8.78. The molecule has 4 aromatic rings. The summed E-state index contributed by atoms with van der Waals surface area (Å²) in [4.78, 5) is 19.6. The molecule has 1 aliphatic heterocycles. The lowest BCUT2D eigenvalue weighted by Gasteiger charge is -2.22. The van der Waals surface area contributed by atoms with Gasteiger partial charge in [-0.1, -0.05) is 24.3 Å². The van der Waals surface area contributed by atoms with Gasteiger partial charge in [0.25, 0.3) is 5.91 Å². The smallest absolute Gasteiger partial charge is 0.271 e. The summed E-state index contributed by atoms with van der Waals surface area (Å²) in [5.74, 6) is 2.30. The van der Waals surface area contributed by atoms with E-state index in [-0.39, 0.29) is 18.5 Å². The van der Waals surface area contributed by atoms with E-state index < -0.39 is 0 Å². The van der Waals surface area contributed by atoms with Gasteiger partial charge in [-0.2, -0.15) is 0 Å². The lowest BCUT2D eigenvalue weighted by molar-refractivity contribution is 0.0946. The molecule has 40 heavy (non-hydrogen) atoms. The van der Waals surface area contributed by atoms with E-state index in [0.717, 1.165) is 46.2 Å². The van der Waals surface area contributed by atoms with Crippen molar-refractivity contribution in [3.8, 4) is 23.0 Å². The number of amides is 1. The average molecular weight is 564 g/mol. The second-order valence-corrected chi connectivity index (χ2v) is 10.2. The molecule has 0 radical (unpaired) electrons. The zero-order valence-electron chi connectivity index (χ0n) is 22.3. The predicted octanol–water partition coefficient (Wildman–Crippen LogP) is 5.20. The van der Waals surface area contributed by atoms with Gasteiger partial charge in [0.15, 0.2) is 23.0 Å². The molecular weight excluding hydrogens is 533 g/mol. The van der Waals surface area contributed by atoms with Crippen LogP contribution in [0.2, 0.25) is 0 Å². The van der Waals surface area contributed by atoms with Crippen molar-refractivity contribution in [3.05, 3.63) is 99.3 Å². The number of benzene rings is 3. The summed E-state index contributed by atoms with van der Waals surface area (Å²) >= 11 is 1.45. The van der Waals surface area contributed by atoms with Crippen molar-refractivity contribution >= 4 is 17.2 Å². The van der Waals surface area contributed by atoms with Crippen LogP contribution in [0.25, 0.3) is 0 Å². The van der Waals surface area contributed by atoms with Gasteiger partial charge in [0.2, 0.25) is 6.79 Å². The number of aromatic nitrogens is 1. The molecule has 1 aromatic heterocycles. The number of rotatable bonds is 12. The summed E-state index contributed by atoms with van der Waals surface area (Å²) in [6.07, 6.45) is 0.779. The second kappa shape index (κ2) is 12.8. The minimum atomic E-state index is -0.310. The van der Waals surface area contributed by atoms with Gasteiger partial charge in [-0.05, 0) is 59.5 Å². The van der Waals surface area contributed by atoms with Gasteiger partial charge in [-0.25, -0.2) is 9.37 Å². The highest BCUT2D eigenvalue weighted by atomic mass is 32.1. The van der Waals surface area contributed by atoms with Crippen LogP contribution in [0.1, 0.15) is 32.2 Å². The van der Waals surface area contributed by atoms with Crippen molar-refractivity contribution in [1.82, 2.24) is 15.2 Å². The topological polar surface area (TPSA) is 82.2 Å². The van der Waals surface area contributed by atoms with E-state index in [1.165, 1.54) is 23.5 Å². The van der Waals surface area contributed by atoms with Crippen LogP contribution in [-0.2, 0) is 26.1 Å². The van der Waals surface area contributed by atoms with Crippen LogP contribution >= 0.6 is 11.3 Å². The molecule has 0 unspecified atom stereocenters. The molecule has 10 heteroatoms. The standard InChI is InChI=1S/C30H30FN3O5S/c1-36-25-9-5-20(13-27(25)37-2)11-12-34(16-22-6-10-26-28(14-22)39-19-38-26)17-29-33-24(18-40-29)30(35)32-15-21-3-7-23(31)8-4-21/h3-10,13-14,18H,11-12,15-17,19H2,1-2H3,(H,32,35). The van der Waals surface area contributed by atoms with Gasteiger partial charge in [-0.3, -0.25) is 9.69 Å². The molecule has 208 valence electrons. The first kappa shape index (κ1) is 27.4. The number of nitrogens with zero attached hydrogens (tertiary/aromatic N) is 2. The molecular formula is C30H30FN3O5S. The van der Waals surface area contributed by atoms with Crippen LogP contribution < -0.4 is 24.3 Å². The van der Waals surface area contributed by atoms with Crippen molar-refractivity contribution in [2.75, 3.05) is 27.6 Å². The summed E-state index contributed by atoms with van der Waals surface area (Å²) in [7, 11) is 3.25. The Balaban J connectivity index is 1.26. The number of fused-ring (bicyclic) bond motifs is 1. The molecule has 1 aliphatic rings. The monoisotopic (exact) mass is 563 g/mol. The molecule has 1 N–H and O–H groups in total. The Morgan fingerprint density at radius 3 is 2.50 bits per heavy atom. The largest absolute Gasteiger partial charge is 0.493 e. The second-order valence-electron chi connectivity index (χ2n) is 9.27. The number of carbonyl (C=O) groups is 1. The first-order valence-electron chi connectivity index (χ1n) is 12.8. The number of methoxy groups -OCH3 is 2. The van der Waals surface area contributed by atoms with E-state index in [2.05, 4.69) is 15.2 Å². The Hall–Kier alpha value is -4.15. The fraction of sp³-hybridized carbons (Fsp3) is 0.267. The molecule has 3 aromatic carbocycles. The van der Waals surface area contributed by atoms with Crippen molar-refractivity contribution in [1.29, 1.82) is 0 Å². The fourth-order valence-corrected chi connectivity index (χ4v) is 5.20. The summed E-state index contributed by atoms with van der Waals surface area (Å²) < 4.78 is 35.0. The van der Waals surface area contributed by atoms with Crippen LogP contribution in [0.3, 0.4) is 0 Å². The molecule has 1 amide bonds. The third-order valence-corrected chi connectivity index (χ3v) is 7.35. The minimum absolute atomic E-state index is 0.229. The molecule has 5 rings (SSSR count). The molecule has 0 bridgehead atoms. The Bertz CT molecular complexity index is 1460. The summed E-state index contributed by atoms with van der Waals surface area (Å²) in [5, 5.41) is 5.45. The van der Waals surface area contributed by atoms with Gasteiger partial charge in [0.1, 0.15) is 16.5 Å². The van der Waals surface area contributed by atoms with Crippen molar-refractivity contribution in [2.24, 2.45) is 0 Å². The van der Waals surface area contributed by atoms with Crippen LogP contribution in [0, 0.1) is 5.82 Å². The zero-order valence-corrected chi connectivity index (χ0v) is 23.1. The van der Waals surface area contributed by atoms with E-state index in [4.69, 9.17) is 18.9 Å². The van der Waals surface area contributed by atoms with Crippen molar-refractivity contribution < 1.29 is 28.1 Å². The number of nitrogens with one attached hydrogen (secondary N) is 1. The number of ether oxygens (including phenoxy) is 4. The van der Waals surface area contributed by atoms with Crippen LogP contribution in [0.5, 0.6) is 23.0 Å². The van der Waals surface area contributed by atoms with Crippen LogP contribution in [0.15, 0.2) is 66.0 Å². The number of hydrogen-bond acceptors (Lipinski definition) is 8. The molecule has 0 atom stereocenters. The van der Waals surface area contributed by atoms with Crippen molar-refractivity contribution in [3.63, 3.8) is 0 Å². The summed E-state index contributed by atoms with van der Waals surface area (Å²) in [5.41, 5.74) is 3.39. The number of carbonyl (C=O) groups excluding carboxylic acids is 1. The maximum atomic E-state index is 13.1. The highest BCUT2D eigenvalue weighted by molar-refractivity contribution is 7.09. The zero-order chi connectivity index (χ0) is 27.9. The Morgan fingerprint density at radius 2 is 1.70 bits per heavy atom. The summed E-state index contributed by atoms with van der Waals surface area (Å²) in [6.45, 7) is 2.50. The Morgan fingerprint density at radius 1 is 0.950 bits per heavy atom. The van der Waals surface area contributed by atoms with Crippen molar-refractivity contribution in [2.45, 2.75) is 26.1 Å². The third kappa shape index (κ3) is 6.88. The van der Waals surface area contributed by atoms with E-state index in [9.17, 15) is 9.18 Å². The van der Waals surface area contributed by atoms with Gasteiger partial charge in [-0.15, -0.1) is 11.3 Å². The SMILES string of the molecule is COc1ccc(CCN(Cc2ccc3c(c2)OCO3)Cc2nc(C(=O)NCc3ccc(F)cc3)cs2)cc1OC. The van der Waals surface area contributed by atoms with Crippen LogP contribution in [-0.4, -0.2) is 43.3 Å². The highest BCUT2D eigenvalue weighted by Gasteiger charge is 2.17. The summed E-state index contributed by atoms with van der Waals surface area (Å²) in [6, 6.07) is 17.9. The van der Waals surface area contributed by atoms with E-state index in [1.54, 1.807) is 31.7 Å². The quantitative estimate of drug-likeness (QED) is 0.254. The van der Waals surface area contributed by atoms with Gasteiger partial charge in [0.05, 0.1) is 20.8 Å². The lowest BCUT2D eigenvalue weighted by atomic mass is 10.1. The molecule has 8 nitrogen and oxygen atoms in total. The molecule has 0 aliphatic carbocycles. The minimum Gasteiger partial charge on any atom is -0.493 e. The van der Waals surface area contributed by atoms with E-state index >= 15 is 0 Å². The van der Waals surface area contributed by atoms with Gasteiger partial charge in [0, 0.05) is 25.0 Å². The highest BCUT2D eigenvalue weighted by Crippen LogP contribution is 2.33. The van der Waals surface area contributed by atoms with Gasteiger partial charge < -0.3 is 24.3 Å². The Labute approximate surface area is 236 Å². The molecule has 0 saturated heterocycles. The molecule has 0 saturated carbocycles. The van der Waals surface area contributed by atoms with E-state index in [0.29, 0.717) is 36.8 Å². The van der Waals surface area contributed by atoms with Gasteiger partial charge >= 0.3 is 0 Å². The number of halogens is 1.